The third-order valence-corrected chi connectivity index (χ3v) is 3.17. The molecule has 0 spiro atoms. The first-order chi connectivity index (χ1) is 9.36. The van der Waals surface area contributed by atoms with E-state index in [0.29, 0.717) is 5.75 Å². The molecular weight excluding hydrogens is 258 g/mol. The predicted octanol–water partition coefficient (Wildman–Crippen LogP) is 2.29. The largest absolute Gasteiger partial charge is 0.497 e. The van der Waals surface area contributed by atoms with Crippen LogP contribution < -0.4 is 10.1 Å². The molecule has 1 aromatic rings. The van der Waals surface area contributed by atoms with Crippen LogP contribution >= 0.6 is 0 Å². The highest BCUT2D eigenvalue weighted by molar-refractivity contribution is 6.01. The molecule has 5 nitrogen and oxygen atoms in total. The fraction of sp³-hybridized carbons (Fsp3) is 0.333. The Bertz CT molecular complexity index is 549. The standard InChI is InChI=1S/C15H19NO4/c1-9(10(2)15(18)19)14(17)16-11(3)12-6-5-7-13(8-12)20-4/h5-8,11H,1-4H3,(H,16,17)(H,18,19)/b10-9-/t11-/m1/s1. The normalized spacial score (nSPS) is 13.2. The lowest BCUT2D eigenvalue weighted by molar-refractivity contribution is -0.133. The number of aliphatic carboxylic acids is 1. The van der Waals surface area contributed by atoms with Crippen molar-refractivity contribution in [2.75, 3.05) is 7.11 Å². The molecule has 0 bridgehead atoms. The summed E-state index contributed by atoms with van der Waals surface area (Å²) >= 11 is 0. The van der Waals surface area contributed by atoms with Crippen LogP contribution in [0.3, 0.4) is 0 Å². The number of hydrogen-bond acceptors (Lipinski definition) is 3. The molecule has 2 N–H and O–H groups in total. The van der Waals surface area contributed by atoms with Crippen LogP contribution in [0.2, 0.25) is 0 Å². The number of carboxylic acids is 1. The minimum Gasteiger partial charge on any atom is -0.497 e. The van der Waals surface area contributed by atoms with Crippen LogP contribution in [0.25, 0.3) is 0 Å². The number of nitrogens with one attached hydrogen (secondary N) is 1. The van der Waals surface area contributed by atoms with Gasteiger partial charge < -0.3 is 15.2 Å². The van der Waals surface area contributed by atoms with E-state index in [1.165, 1.54) is 13.8 Å². The molecular formula is C15H19NO4. The molecule has 0 heterocycles. The summed E-state index contributed by atoms with van der Waals surface area (Å²) in [5, 5.41) is 11.6. The molecule has 20 heavy (non-hydrogen) atoms. The number of carbonyl (C=O) groups is 2. The lowest BCUT2D eigenvalue weighted by Crippen LogP contribution is -2.28. The molecule has 1 rings (SSSR count). The summed E-state index contributed by atoms with van der Waals surface area (Å²) in [5.74, 6) is -0.774. The number of methoxy groups -OCH3 is 1. The first kappa shape index (κ1) is 15.8. The molecule has 1 amide bonds. The van der Waals surface area contributed by atoms with Gasteiger partial charge in [0.05, 0.1) is 13.2 Å². The van der Waals surface area contributed by atoms with Gasteiger partial charge in [0.2, 0.25) is 5.91 Å². The third-order valence-electron chi connectivity index (χ3n) is 3.17. The number of hydrogen-bond donors (Lipinski definition) is 2. The maximum Gasteiger partial charge on any atom is 0.331 e. The summed E-state index contributed by atoms with van der Waals surface area (Å²) in [6, 6.07) is 7.11. The van der Waals surface area contributed by atoms with Crippen LogP contribution in [0.4, 0.5) is 0 Å². The van der Waals surface area contributed by atoms with Gasteiger partial charge in [0.1, 0.15) is 5.75 Å². The molecule has 0 aliphatic carbocycles. The van der Waals surface area contributed by atoms with Crippen LogP contribution in [-0.2, 0) is 9.59 Å². The fourth-order valence-corrected chi connectivity index (χ4v) is 1.63. The van der Waals surface area contributed by atoms with Crippen molar-refractivity contribution >= 4 is 11.9 Å². The van der Waals surface area contributed by atoms with E-state index in [2.05, 4.69) is 5.32 Å². The minimum absolute atomic E-state index is 0.0420. The molecule has 0 radical (unpaired) electrons. The topological polar surface area (TPSA) is 75.6 Å². The predicted molar refractivity (Wildman–Crippen MR) is 75.6 cm³/mol. The molecule has 0 aliphatic heterocycles. The van der Waals surface area contributed by atoms with Crippen LogP contribution in [0, 0.1) is 0 Å². The van der Waals surface area contributed by atoms with Gasteiger partial charge in [0.15, 0.2) is 0 Å². The molecule has 0 fully saturated rings. The van der Waals surface area contributed by atoms with Crippen LogP contribution in [0.5, 0.6) is 5.75 Å². The Labute approximate surface area is 118 Å². The van der Waals surface area contributed by atoms with Crippen molar-refractivity contribution in [1.82, 2.24) is 5.32 Å². The maximum atomic E-state index is 12.0. The average Bonchev–Trinajstić information content (AvgIpc) is 2.45. The lowest BCUT2D eigenvalue weighted by Gasteiger charge is -2.16. The van der Waals surface area contributed by atoms with Gasteiger partial charge in [-0.05, 0) is 38.5 Å². The van der Waals surface area contributed by atoms with Gasteiger partial charge in [-0.3, -0.25) is 4.79 Å². The quantitative estimate of drug-likeness (QED) is 0.810. The summed E-state index contributed by atoms with van der Waals surface area (Å²) in [6.45, 7) is 4.74. The van der Waals surface area contributed by atoms with Crippen molar-refractivity contribution in [3.05, 3.63) is 41.0 Å². The van der Waals surface area contributed by atoms with Gasteiger partial charge >= 0.3 is 5.97 Å². The average molecular weight is 277 g/mol. The number of benzene rings is 1. The van der Waals surface area contributed by atoms with Crippen LogP contribution in [0.1, 0.15) is 32.4 Å². The fourth-order valence-electron chi connectivity index (χ4n) is 1.63. The van der Waals surface area contributed by atoms with Crippen molar-refractivity contribution < 1.29 is 19.4 Å². The van der Waals surface area contributed by atoms with Crippen molar-refractivity contribution in [3.8, 4) is 5.75 Å². The summed E-state index contributed by atoms with van der Waals surface area (Å²) in [4.78, 5) is 22.8. The Balaban J connectivity index is 2.85. The summed E-state index contributed by atoms with van der Waals surface area (Å²) in [5.41, 5.74) is 1.13. The highest BCUT2D eigenvalue weighted by atomic mass is 16.5. The van der Waals surface area contributed by atoms with E-state index in [9.17, 15) is 9.59 Å². The second kappa shape index (κ2) is 6.75. The highest BCUT2D eigenvalue weighted by Crippen LogP contribution is 2.19. The van der Waals surface area contributed by atoms with Crippen molar-refractivity contribution in [2.45, 2.75) is 26.8 Å². The zero-order chi connectivity index (χ0) is 15.3. The van der Waals surface area contributed by atoms with Gasteiger partial charge in [-0.15, -0.1) is 0 Å². The van der Waals surface area contributed by atoms with E-state index in [4.69, 9.17) is 9.84 Å². The van der Waals surface area contributed by atoms with Gasteiger partial charge in [0.25, 0.3) is 0 Å². The molecule has 0 unspecified atom stereocenters. The zero-order valence-corrected chi connectivity index (χ0v) is 12.1. The Kier molecular flexibility index (Phi) is 5.32. The minimum atomic E-state index is -1.09. The molecule has 0 saturated carbocycles. The number of rotatable bonds is 5. The highest BCUT2D eigenvalue weighted by Gasteiger charge is 2.15. The van der Waals surface area contributed by atoms with Gasteiger partial charge in [-0.25, -0.2) is 4.79 Å². The lowest BCUT2D eigenvalue weighted by atomic mass is 10.1. The summed E-state index contributed by atoms with van der Waals surface area (Å²) in [7, 11) is 1.57. The van der Waals surface area contributed by atoms with E-state index >= 15 is 0 Å². The third kappa shape index (κ3) is 3.85. The second-order valence-corrected chi connectivity index (χ2v) is 4.53. The molecule has 1 atom stereocenters. The Hall–Kier alpha value is -2.30. The van der Waals surface area contributed by atoms with E-state index in [1.54, 1.807) is 7.11 Å². The summed E-state index contributed by atoms with van der Waals surface area (Å²) < 4.78 is 5.13. The molecule has 1 aromatic carbocycles. The van der Waals surface area contributed by atoms with E-state index in [-0.39, 0.29) is 23.1 Å². The van der Waals surface area contributed by atoms with Crippen molar-refractivity contribution in [1.29, 1.82) is 0 Å². The monoisotopic (exact) mass is 277 g/mol. The Morgan fingerprint density at radius 3 is 2.45 bits per heavy atom. The first-order valence-corrected chi connectivity index (χ1v) is 6.22. The number of carbonyl (C=O) groups excluding carboxylic acids is 1. The second-order valence-electron chi connectivity index (χ2n) is 4.53. The Morgan fingerprint density at radius 2 is 1.90 bits per heavy atom. The number of amides is 1. The van der Waals surface area contributed by atoms with E-state index in [1.807, 2.05) is 31.2 Å². The van der Waals surface area contributed by atoms with Gasteiger partial charge in [-0.1, -0.05) is 12.1 Å². The number of ether oxygens (including phenoxy) is 1. The molecule has 0 aromatic heterocycles. The van der Waals surface area contributed by atoms with Gasteiger partial charge in [0, 0.05) is 11.1 Å². The van der Waals surface area contributed by atoms with E-state index < -0.39 is 5.97 Å². The SMILES string of the molecule is COc1cccc([C@@H](C)NC(=O)/C(C)=C(/C)C(=O)O)c1. The molecule has 0 aliphatic rings. The maximum absolute atomic E-state index is 12.0. The Morgan fingerprint density at radius 1 is 1.25 bits per heavy atom. The zero-order valence-electron chi connectivity index (χ0n) is 12.1. The first-order valence-electron chi connectivity index (χ1n) is 6.22. The van der Waals surface area contributed by atoms with Crippen molar-refractivity contribution in [2.24, 2.45) is 0 Å². The number of carboxylic acid groups (broad SMARTS) is 1. The molecule has 0 saturated heterocycles. The van der Waals surface area contributed by atoms with E-state index in [0.717, 1.165) is 5.56 Å². The smallest absolute Gasteiger partial charge is 0.331 e. The molecule has 5 heteroatoms. The van der Waals surface area contributed by atoms with Crippen molar-refractivity contribution in [3.63, 3.8) is 0 Å². The van der Waals surface area contributed by atoms with Gasteiger partial charge in [-0.2, -0.15) is 0 Å². The van der Waals surface area contributed by atoms with Crippen LogP contribution in [-0.4, -0.2) is 24.1 Å². The molecule has 108 valence electrons. The summed E-state index contributed by atoms with van der Waals surface area (Å²) in [6.07, 6.45) is 0. The van der Waals surface area contributed by atoms with Crippen LogP contribution in [0.15, 0.2) is 35.4 Å².